The Morgan fingerprint density at radius 1 is 1.06 bits per heavy atom. The molecule has 0 heterocycles. The van der Waals surface area contributed by atoms with E-state index in [1.165, 1.54) is 10.6 Å². The van der Waals surface area contributed by atoms with Gasteiger partial charge in [0.05, 0.1) is 11.9 Å². The molecule has 0 aliphatic rings. The number of unbranched alkanes of at least 4 members (excludes halogenated alkanes) is 1. The summed E-state index contributed by atoms with van der Waals surface area (Å²) in [6.45, 7) is 6.68. The minimum Gasteiger partial charge on any atom is -0.354 e. The summed E-state index contributed by atoms with van der Waals surface area (Å²) in [7, 11) is -3.51. The molecule has 0 saturated heterocycles. The summed E-state index contributed by atoms with van der Waals surface area (Å²) < 4.78 is 27.2. The summed E-state index contributed by atoms with van der Waals surface area (Å²) in [5.41, 5.74) is 2.36. The first-order valence-corrected chi connectivity index (χ1v) is 14.5. The summed E-state index contributed by atoms with van der Waals surface area (Å²) in [5.74, 6) is -0.383. The largest absolute Gasteiger partial charge is 0.354 e. The highest BCUT2D eigenvalue weighted by atomic mass is 79.9. The van der Waals surface area contributed by atoms with Crippen molar-refractivity contribution in [1.82, 2.24) is 10.2 Å². The van der Waals surface area contributed by atoms with Crippen molar-refractivity contribution in [2.75, 3.05) is 23.7 Å². The third kappa shape index (κ3) is 8.96. The maximum atomic E-state index is 13.3. The van der Waals surface area contributed by atoms with Crippen molar-refractivity contribution in [3.63, 3.8) is 0 Å². The molecule has 7 nitrogen and oxygen atoms in total. The first-order valence-electron chi connectivity index (χ1n) is 11.9. The lowest BCUT2D eigenvalue weighted by Crippen LogP contribution is -2.48. The SMILES string of the molecule is CCCCNC(=O)[C@@H](C)N(Cc1ccc(Br)cc1)C(=O)CCCN(c1ccccc1C)S(C)(=O)=O. The van der Waals surface area contributed by atoms with Crippen LogP contribution in [0.3, 0.4) is 0 Å². The van der Waals surface area contributed by atoms with Crippen LogP contribution in [0.2, 0.25) is 0 Å². The summed E-state index contributed by atoms with van der Waals surface area (Å²) in [6, 6.07) is 14.3. The number of rotatable bonds is 13. The van der Waals surface area contributed by atoms with Crippen LogP contribution in [0.1, 0.15) is 50.7 Å². The van der Waals surface area contributed by atoms with E-state index in [0.717, 1.165) is 28.4 Å². The normalized spacial score (nSPS) is 12.1. The molecule has 0 aromatic heterocycles. The number of para-hydroxylation sites is 1. The van der Waals surface area contributed by atoms with Crippen molar-refractivity contribution < 1.29 is 18.0 Å². The fraction of sp³-hybridized carbons (Fsp3) is 0.462. The average molecular weight is 567 g/mol. The molecule has 192 valence electrons. The summed E-state index contributed by atoms with van der Waals surface area (Å²) in [6.07, 6.45) is 3.47. The van der Waals surface area contributed by atoms with Gasteiger partial charge in [-0.15, -0.1) is 0 Å². The fourth-order valence-electron chi connectivity index (χ4n) is 3.73. The molecule has 0 spiro atoms. The van der Waals surface area contributed by atoms with Gasteiger partial charge >= 0.3 is 0 Å². The van der Waals surface area contributed by atoms with E-state index >= 15 is 0 Å². The Hall–Kier alpha value is -2.39. The zero-order chi connectivity index (χ0) is 26.0. The van der Waals surface area contributed by atoms with Crippen LogP contribution in [0.4, 0.5) is 5.69 Å². The molecule has 1 atom stereocenters. The number of hydrogen-bond acceptors (Lipinski definition) is 4. The van der Waals surface area contributed by atoms with Gasteiger partial charge in [-0.3, -0.25) is 13.9 Å². The molecule has 0 radical (unpaired) electrons. The Morgan fingerprint density at radius 2 is 1.71 bits per heavy atom. The number of carbonyl (C=O) groups is 2. The molecule has 2 aromatic rings. The number of halogens is 1. The highest BCUT2D eigenvalue weighted by Gasteiger charge is 2.26. The van der Waals surface area contributed by atoms with Crippen molar-refractivity contribution in [1.29, 1.82) is 0 Å². The second kappa shape index (κ2) is 13.6. The van der Waals surface area contributed by atoms with Crippen LogP contribution in [0, 0.1) is 6.92 Å². The van der Waals surface area contributed by atoms with Gasteiger partial charge in [-0.05, 0) is 56.0 Å². The standard InChI is InChI=1S/C26H36BrN3O4S/c1-5-6-17-28-26(32)21(3)29(19-22-13-15-23(27)16-14-22)25(31)12-9-18-30(35(4,33)34)24-11-8-7-10-20(24)2/h7-8,10-11,13-16,21H,5-6,9,12,17-19H2,1-4H3,(H,28,32)/t21-/m1/s1. The van der Waals surface area contributed by atoms with Gasteiger partial charge in [0.1, 0.15) is 6.04 Å². The second-order valence-corrected chi connectivity index (χ2v) is 11.5. The van der Waals surface area contributed by atoms with E-state index in [1.807, 2.05) is 43.3 Å². The van der Waals surface area contributed by atoms with Crippen molar-refractivity contribution >= 4 is 43.5 Å². The summed E-state index contributed by atoms with van der Waals surface area (Å²) in [4.78, 5) is 27.6. The molecule has 0 unspecified atom stereocenters. The highest BCUT2D eigenvalue weighted by molar-refractivity contribution is 9.10. The maximum absolute atomic E-state index is 13.3. The van der Waals surface area contributed by atoms with Gasteiger partial charge in [0.2, 0.25) is 21.8 Å². The Bertz CT molecular complexity index is 1090. The van der Waals surface area contributed by atoms with Crippen LogP contribution >= 0.6 is 15.9 Å². The molecule has 2 rings (SSSR count). The number of hydrogen-bond donors (Lipinski definition) is 1. The molecule has 0 saturated carbocycles. The number of benzene rings is 2. The molecule has 9 heteroatoms. The molecule has 35 heavy (non-hydrogen) atoms. The van der Waals surface area contributed by atoms with E-state index in [1.54, 1.807) is 24.0 Å². The fourth-order valence-corrected chi connectivity index (χ4v) is 5.02. The minimum atomic E-state index is -3.51. The molecule has 1 N–H and O–H groups in total. The van der Waals surface area contributed by atoms with E-state index in [0.29, 0.717) is 25.2 Å². The summed E-state index contributed by atoms with van der Waals surface area (Å²) >= 11 is 3.42. The van der Waals surface area contributed by atoms with Crippen LogP contribution in [0.5, 0.6) is 0 Å². The first-order chi connectivity index (χ1) is 16.5. The molecule has 2 aromatic carbocycles. The molecule has 0 aliphatic heterocycles. The number of nitrogens with one attached hydrogen (secondary N) is 1. The minimum absolute atomic E-state index is 0.126. The Kier molecular flexibility index (Phi) is 11.2. The van der Waals surface area contributed by atoms with Gasteiger partial charge in [0.15, 0.2) is 0 Å². The summed E-state index contributed by atoms with van der Waals surface area (Å²) in [5, 5.41) is 2.91. The van der Waals surface area contributed by atoms with E-state index < -0.39 is 16.1 Å². The van der Waals surface area contributed by atoms with Crippen molar-refractivity contribution in [2.24, 2.45) is 0 Å². The molecule has 2 amide bonds. The van der Waals surface area contributed by atoms with Gasteiger partial charge in [-0.25, -0.2) is 8.42 Å². The second-order valence-electron chi connectivity index (χ2n) is 8.69. The third-order valence-corrected chi connectivity index (χ3v) is 7.51. The monoisotopic (exact) mass is 565 g/mol. The molecule has 0 fully saturated rings. The Morgan fingerprint density at radius 3 is 2.31 bits per heavy atom. The predicted octanol–water partition coefficient (Wildman–Crippen LogP) is 4.64. The number of aryl methyl sites for hydroxylation is 1. The van der Waals surface area contributed by atoms with Crippen molar-refractivity contribution in [3.8, 4) is 0 Å². The first kappa shape index (κ1) is 28.8. The lowest BCUT2D eigenvalue weighted by molar-refractivity contribution is -0.140. The predicted molar refractivity (Wildman–Crippen MR) is 145 cm³/mol. The van der Waals surface area contributed by atoms with E-state index in [4.69, 9.17) is 0 Å². The number of carbonyl (C=O) groups excluding carboxylic acids is 2. The molecule has 0 aliphatic carbocycles. The molecule has 0 bridgehead atoms. The van der Waals surface area contributed by atoms with Crippen LogP contribution in [-0.2, 0) is 26.2 Å². The number of sulfonamides is 1. The number of amides is 2. The lowest BCUT2D eigenvalue weighted by atomic mass is 10.1. The topological polar surface area (TPSA) is 86.8 Å². The van der Waals surface area contributed by atoms with Gasteiger partial charge < -0.3 is 10.2 Å². The van der Waals surface area contributed by atoms with Gasteiger partial charge in [-0.1, -0.05) is 59.6 Å². The number of nitrogens with zero attached hydrogens (tertiary/aromatic N) is 2. The quantitative estimate of drug-likeness (QED) is 0.358. The van der Waals surface area contributed by atoms with Crippen LogP contribution in [-0.4, -0.2) is 50.5 Å². The lowest BCUT2D eigenvalue weighted by Gasteiger charge is -2.29. The van der Waals surface area contributed by atoms with Gasteiger partial charge in [0.25, 0.3) is 0 Å². The van der Waals surface area contributed by atoms with Gasteiger partial charge in [-0.2, -0.15) is 0 Å². The third-order valence-electron chi connectivity index (χ3n) is 5.80. The van der Waals surface area contributed by atoms with Crippen molar-refractivity contribution in [2.45, 2.75) is 59.0 Å². The van der Waals surface area contributed by atoms with Crippen molar-refractivity contribution in [3.05, 3.63) is 64.1 Å². The van der Waals surface area contributed by atoms with E-state index in [-0.39, 0.29) is 24.8 Å². The highest BCUT2D eigenvalue weighted by Crippen LogP contribution is 2.23. The van der Waals surface area contributed by atoms with Gasteiger partial charge in [0, 0.05) is 30.5 Å². The molecular formula is C26H36BrN3O4S. The average Bonchev–Trinajstić information content (AvgIpc) is 2.81. The molecular weight excluding hydrogens is 530 g/mol. The number of anilines is 1. The maximum Gasteiger partial charge on any atom is 0.242 e. The zero-order valence-corrected chi connectivity index (χ0v) is 23.4. The van der Waals surface area contributed by atoms with Crippen LogP contribution in [0.25, 0.3) is 0 Å². The van der Waals surface area contributed by atoms with E-state index in [2.05, 4.69) is 28.2 Å². The Labute approximate surface area is 218 Å². The smallest absolute Gasteiger partial charge is 0.242 e. The zero-order valence-electron chi connectivity index (χ0n) is 21.0. The Balaban J connectivity index is 2.14. The van der Waals surface area contributed by atoms with Crippen LogP contribution < -0.4 is 9.62 Å². The van der Waals surface area contributed by atoms with Crippen LogP contribution in [0.15, 0.2) is 53.0 Å². The van der Waals surface area contributed by atoms with E-state index in [9.17, 15) is 18.0 Å².